The van der Waals surface area contributed by atoms with Gasteiger partial charge in [-0.15, -0.1) is 0 Å². The van der Waals surface area contributed by atoms with Gasteiger partial charge >= 0.3 is 6.09 Å². The van der Waals surface area contributed by atoms with Gasteiger partial charge in [0.05, 0.1) is 12.1 Å². The van der Waals surface area contributed by atoms with Crippen molar-refractivity contribution in [3.05, 3.63) is 29.8 Å². The van der Waals surface area contributed by atoms with E-state index in [4.69, 9.17) is 5.73 Å². The molecule has 1 heterocycles. The minimum atomic E-state index is -1.17. The van der Waals surface area contributed by atoms with Crippen molar-refractivity contribution in [1.82, 2.24) is 0 Å². The number of ketones is 1. The minimum absolute atomic E-state index is 0.203. The van der Waals surface area contributed by atoms with Crippen LogP contribution in [-0.4, -0.2) is 23.9 Å². The molecular formula is C11H10N2O4. The Hall–Kier alpha value is -2.37. The molecule has 17 heavy (non-hydrogen) atoms. The molecule has 1 atom stereocenters. The summed E-state index contributed by atoms with van der Waals surface area (Å²) >= 11 is 0. The zero-order chi connectivity index (χ0) is 12.4. The molecule has 0 fully saturated rings. The fraction of sp³-hybridized carbons (Fsp3) is 0.182. The zero-order valence-electron chi connectivity index (χ0n) is 8.80. The van der Waals surface area contributed by atoms with Crippen LogP contribution in [0, 0.1) is 0 Å². The van der Waals surface area contributed by atoms with Crippen molar-refractivity contribution in [1.29, 1.82) is 0 Å². The number of nitrogens with two attached hydrogens (primary N) is 1. The molecule has 1 aromatic rings. The Bertz CT molecular complexity index is 498. The molecular weight excluding hydrogens is 224 g/mol. The number of ether oxygens (including phenoxy) is 1. The number of rotatable bonds is 1. The molecule has 0 radical (unpaired) electrons. The molecule has 2 rings (SSSR count). The number of para-hydroxylation sites is 1. The normalized spacial score (nSPS) is 18.9. The van der Waals surface area contributed by atoms with Crippen molar-refractivity contribution in [2.45, 2.75) is 12.5 Å². The first-order chi connectivity index (χ1) is 8.08. The number of benzene rings is 1. The van der Waals surface area contributed by atoms with Gasteiger partial charge in [-0.3, -0.25) is 9.59 Å². The lowest BCUT2D eigenvalue weighted by atomic mass is 10.1. The summed E-state index contributed by atoms with van der Waals surface area (Å²) in [5, 5.41) is 2.52. The van der Waals surface area contributed by atoms with E-state index in [1.165, 1.54) is 0 Å². The summed E-state index contributed by atoms with van der Waals surface area (Å²) in [4.78, 5) is 34.1. The number of amides is 2. The number of primary amides is 1. The fourth-order valence-electron chi connectivity index (χ4n) is 1.65. The SMILES string of the molecule is NC(=O)O[C@@H]1CC(=O)c2ccccc2NC1=O. The molecule has 0 spiro atoms. The molecule has 1 aliphatic heterocycles. The van der Waals surface area contributed by atoms with E-state index in [0.29, 0.717) is 11.3 Å². The first kappa shape index (κ1) is 11.1. The van der Waals surface area contributed by atoms with Gasteiger partial charge in [-0.1, -0.05) is 12.1 Å². The summed E-state index contributed by atoms with van der Waals surface area (Å²) < 4.78 is 4.59. The van der Waals surface area contributed by atoms with Gasteiger partial charge in [0.1, 0.15) is 0 Å². The van der Waals surface area contributed by atoms with Gasteiger partial charge in [0.15, 0.2) is 11.9 Å². The van der Waals surface area contributed by atoms with Crippen molar-refractivity contribution < 1.29 is 19.1 Å². The van der Waals surface area contributed by atoms with Crippen LogP contribution in [0.4, 0.5) is 10.5 Å². The van der Waals surface area contributed by atoms with Gasteiger partial charge < -0.3 is 15.8 Å². The molecule has 88 valence electrons. The van der Waals surface area contributed by atoms with Crippen LogP contribution in [0.25, 0.3) is 0 Å². The van der Waals surface area contributed by atoms with Crippen molar-refractivity contribution >= 4 is 23.5 Å². The second-order valence-electron chi connectivity index (χ2n) is 3.59. The molecule has 6 heteroatoms. The van der Waals surface area contributed by atoms with Crippen LogP contribution < -0.4 is 11.1 Å². The van der Waals surface area contributed by atoms with E-state index in [1.807, 2.05) is 0 Å². The Morgan fingerprint density at radius 3 is 2.76 bits per heavy atom. The second-order valence-corrected chi connectivity index (χ2v) is 3.59. The highest BCUT2D eigenvalue weighted by Gasteiger charge is 2.30. The number of carbonyl (C=O) groups excluding carboxylic acids is 3. The lowest BCUT2D eigenvalue weighted by molar-refractivity contribution is -0.123. The van der Waals surface area contributed by atoms with Crippen LogP contribution in [0.1, 0.15) is 16.8 Å². The molecule has 0 aromatic heterocycles. The average Bonchev–Trinajstić information content (AvgIpc) is 2.38. The highest BCUT2D eigenvalue weighted by molar-refractivity contribution is 6.11. The minimum Gasteiger partial charge on any atom is -0.436 e. The van der Waals surface area contributed by atoms with Gasteiger partial charge in [0, 0.05) is 5.56 Å². The van der Waals surface area contributed by atoms with E-state index in [1.54, 1.807) is 24.3 Å². The summed E-state index contributed by atoms with van der Waals surface area (Å²) in [5.74, 6) is -0.827. The number of hydrogen-bond acceptors (Lipinski definition) is 4. The second kappa shape index (κ2) is 4.25. The molecule has 0 saturated heterocycles. The Morgan fingerprint density at radius 1 is 1.35 bits per heavy atom. The Balaban J connectivity index is 2.31. The van der Waals surface area contributed by atoms with E-state index in [9.17, 15) is 14.4 Å². The van der Waals surface area contributed by atoms with Crippen LogP contribution in [0.2, 0.25) is 0 Å². The number of hydrogen-bond donors (Lipinski definition) is 2. The summed E-state index contributed by atoms with van der Waals surface area (Å²) in [5.41, 5.74) is 5.65. The fourth-order valence-corrected chi connectivity index (χ4v) is 1.65. The van der Waals surface area contributed by atoms with Crippen LogP contribution >= 0.6 is 0 Å². The third-order valence-corrected chi connectivity index (χ3v) is 2.41. The number of anilines is 1. The first-order valence-electron chi connectivity index (χ1n) is 4.97. The highest BCUT2D eigenvalue weighted by Crippen LogP contribution is 2.22. The highest BCUT2D eigenvalue weighted by atomic mass is 16.6. The maximum atomic E-state index is 11.8. The lowest BCUT2D eigenvalue weighted by Crippen LogP contribution is -2.34. The van der Waals surface area contributed by atoms with Crippen molar-refractivity contribution in [2.75, 3.05) is 5.32 Å². The van der Waals surface area contributed by atoms with E-state index >= 15 is 0 Å². The summed E-state index contributed by atoms with van der Waals surface area (Å²) in [7, 11) is 0. The van der Waals surface area contributed by atoms with Crippen molar-refractivity contribution in [2.24, 2.45) is 5.73 Å². The Kier molecular flexibility index (Phi) is 2.78. The molecule has 1 aliphatic rings. The predicted molar refractivity (Wildman–Crippen MR) is 58.5 cm³/mol. The third-order valence-electron chi connectivity index (χ3n) is 2.41. The van der Waals surface area contributed by atoms with Crippen LogP contribution in [0.15, 0.2) is 24.3 Å². The van der Waals surface area contributed by atoms with E-state index in [0.717, 1.165) is 0 Å². The molecule has 6 nitrogen and oxygen atoms in total. The van der Waals surface area contributed by atoms with E-state index in [2.05, 4.69) is 10.1 Å². The van der Waals surface area contributed by atoms with E-state index < -0.39 is 18.1 Å². The molecule has 0 saturated carbocycles. The maximum Gasteiger partial charge on any atom is 0.405 e. The van der Waals surface area contributed by atoms with Gasteiger partial charge in [-0.05, 0) is 12.1 Å². The number of carbonyl (C=O) groups is 3. The van der Waals surface area contributed by atoms with Crippen LogP contribution in [0.3, 0.4) is 0 Å². The van der Waals surface area contributed by atoms with Gasteiger partial charge in [0.25, 0.3) is 5.91 Å². The summed E-state index contributed by atoms with van der Waals surface area (Å²) in [6.45, 7) is 0. The molecule has 0 bridgehead atoms. The molecule has 0 aliphatic carbocycles. The molecule has 1 aromatic carbocycles. The largest absolute Gasteiger partial charge is 0.436 e. The quantitative estimate of drug-likeness (QED) is 0.746. The van der Waals surface area contributed by atoms with E-state index in [-0.39, 0.29) is 12.2 Å². The number of Topliss-reactive ketones (excluding diaryl/α,β-unsaturated/α-hetero) is 1. The number of fused-ring (bicyclic) bond motifs is 1. The Labute approximate surface area is 96.7 Å². The lowest BCUT2D eigenvalue weighted by Gasteiger charge is -2.11. The number of nitrogens with one attached hydrogen (secondary N) is 1. The topological polar surface area (TPSA) is 98.5 Å². The van der Waals surface area contributed by atoms with Gasteiger partial charge in [-0.25, -0.2) is 4.79 Å². The van der Waals surface area contributed by atoms with Gasteiger partial charge in [0.2, 0.25) is 0 Å². The monoisotopic (exact) mass is 234 g/mol. The maximum absolute atomic E-state index is 11.8. The molecule has 2 amide bonds. The first-order valence-corrected chi connectivity index (χ1v) is 4.97. The van der Waals surface area contributed by atoms with Crippen molar-refractivity contribution in [3.63, 3.8) is 0 Å². The average molecular weight is 234 g/mol. The summed E-state index contributed by atoms with van der Waals surface area (Å²) in [6.07, 6.45) is -2.46. The zero-order valence-corrected chi connectivity index (χ0v) is 8.80. The van der Waals surface area contributed by atoms with Crippen molar-refractivity contribution in [3.8, 4) is 0 Å². The smallest absolute Gasteiger partial charge is 0.405 e. The standard InChI is InChI=1S/C11H10N2O4/c12-11(16)17-9-5-8(14)6-3-1-2-4-7(6)13-10(9)15/h1-4,9H,5H2,(H2,12,16)(H,13,15)/t9-/m1/s1. The predicted octanol–water partition coefficient (Wildman–Crippen LogP) is 0.675. The Morgan fingerprint density at radius 2 is 2.06 bits per heavy atom. The molecule has 3 N–H and O–H groups in total. The summed E-state index contributed by atoms with van der Waals surface area (Å²) in [6, 6.07) is 6.60. The third kappa shape index (κ3) is 2.25. The molecule has 0 unspecified atom stereocenters. The van der Waals surface area contributed by atoms with Gasteiger partial charge in [-0.2, -0.15) is 0 Å². The van der Waals surface area contributed by atoms with Crippen LogP contribution in [0.5, 0.6) is 0 Å². The van der Waals surface area contributed by atoms with Crippen LogP contribution in [-0.2, 0) is 9.53 Å².